The van der Waals surface area contributed by atoms with Crippen LogP contribution in [0.1, 0.15) is 11.4 Å². The van der Waals surface area contributed by atoms with Gasteiger partial charge in [0, 0.05) is 44.3 Å². The molecule has 0 aromatic carbocycles. The summed E-state index contributed by atoms with van der Waals surface area (Å²) in [7, 11) is 0. The van der Waals surface area contributed by atoms with Crippen LogP contribution in [0.3, 0.4) is 0 Å². The molecule has 1 atom stereocenters. The summed E-state index contributed by atoms with van der Waals surface area (Å²) in [6.45, 7) is 5.50. The van der Waals surface area contributed by atoms with Crippen molar-refractivity contribution in [2.75, 3.05) is 24.5 Å². The predicted octanol–water partition coefficient (Wildman–Crippen LogP) is 0.706. The van der Waals surface area contributed by atoms with Crippen molar-refractivity contribution in [3.05, 3.63) is 48.2 Å². The average Bonchev–Trinajstić information content (AvgIpc) is 2.54. The molecule has 110 valence electrons. The molecule has 2 N–H and O–H groups in total. The van der Waals surface area contributed by atoms with Crippen molar-refractivity contribution >= 4 is 5.82 Å². The van der Waals surface area contributed by atoms with Gasteiger partial charge in [0.1, 0.15) is 5.82 Å². The number of hydrogen-bond acceptors (Lipinski definition) is 6. The Hall–Kier alpha value is -2.05. The smallest absolute Gasteiger partial charge is 0.148 e. The van der Waals surface area contributed by atoms with Crippen LogP contribution in [0.4, 0.5) is 5.82 Å². The first-order chi connectivity index (χ1) is 10.3. The van der Waals surface area contributed by atoms with E-state index in [0.29, 0.717) is 0 Å². The molecule has 2 aromatic heterocycles. The van der Waals surface area contributed by atoms with Crippen LogP contribution in [0, 0.1) is 6.92 Å². The highest BCUT2D eigenvalue weighted by Gasteiger charge is 2.22. The fraction of sp³-hybridized carbons (Fsp3) is 0.400. The van der Waals surface area contributed by atoms with Crippen LogP contribution in [0.2, 0.25) is 0 Å². The van der Waals surface area contributed by atoms with Crippen molar-refractivity contribution in [1.29, 1.82) is 0 Å². The highest BCUT2D eigenvalue weighted by molar-refractivity contribution is 5.37. The number of hydrogen-bond donors (Lipinski definition) is 2. The van der Waals surface area contributed by atoms with Gasteiger partial charge in [0.05, 0.1) is 18.1 Å². The second-order valence-electron chi connectivity index (χ2n) is 5.13. The van der Waals surface area contributed by atoms with Crippen molar-refractivity contribution in [3.8, 4) is 0 Å². The highest BCUT2D eigenvalue weighted by atomic mass is 15.3. The van der Waals surface area contributed by atoms with Crippen molar-refractivity contribution in [2.24, 2.45) is 0 Å². The maximum absolute atomic E-state index is 4.53. The maximum Gasteiger partial charge on any atom is 0.148 e. The molecule has 6 heteroatoms. The third kappa shape index (κ3) is 3.53. The molecule has 0 radical (unpaired) electrons. The van der Waals surface area contributed by atoms with Crippen molar-refractivity contribution in [1.82, 2.24) is 25.6 Å². The zero-order valence-corrected chi connectivity index (χ0v) is 12.2. The summed E-state index contributed by atoms with van der Waals surface area (Å²) >= 11 is 0. The molecule has 1 aliphatic rings. The van der Waals surface area contributed by atoms with Gasteiger partial charge in [-0.15, -0.1) is 0 Å². The Morgan fingerprint density at radius 3 is 3.14 bits per heavy atom. The lowest BCUT2D eigenvalue weighted by atomic mass is 10.2. The van der Waals surface area contributed by atoms with Gasteiger partial charge in [-0.2, -0.15) is 0 Å². The summed E-state index contributed by atoms with van der Waals surface area (Å²) in [5, 5.41) is 6.96. The molecule has 0 spiro atoms. The summed E-state index contributed by atoms with van der Waals surface area (Å²) in [6.07, 6.45) is 5.43. The molecule has 6 nitrogen and oxygen atoms in total. The number of rotatable bonds is 4. The molecular weight excluding hydrogens is 264 g/mol. The Bertz CT molecular complexity index is 573. The normalized spacial score (nSPS) is 18.7. The van der Waals surface area contributed by atoms with Crippen molar-refractivity contribution < 1.29 is 0 Å². The molecule has 3 heterocycles. The van der Waals surface area contributed by atoms with E-state index in [-0.39, 0.29) is 6.17 Å². The minimum absolute atomic E-state index is 0.192. The van der Waals surface area contributed by atoms with Gasteiger partial charge in [-0.3, -0.25) is 15.3 Å². The lowest BCUT2D eigenvalue weighted by Crippen LogP contribution is -2.58. The van der Waals surface area contributed by atoms with Crippen LogP contribution >= 0.6 is 0 Å². The van der Waals surface area contributed by atoms with E-state index in [1.54, 1.807) is 12.4 Å². The van der Waals surface area contributed by atoms with Crippen LogP contribution in [0.25, 0.3) is 0 Å². The fourth-order valence-corrected chi connectivity index (χ4v) is 2.52. The Labute approximate surface area is 124 Å². The SMILES string of the molecule is Cc1cccc(CNC2CNCCN2c2cnccn2)n1. The van der Waals surface area contributed by atoms with Gasteiger partial charge >= 0.3 is 0 Å². The molecule has 21 heavy (non-hydrogen) atoms. The summed E-state index contributed by atoms with van der Waals surface area (Å²) < 4.78 is 0. The first-order valence-corrected chi connectivity index (χ1v) is 7.22. The quantitative estimate of drug-likeness (QED) is 0.862. The van der Waals surface area contributed by atoms with E-state index < -0.39 is 0 Å². The molecule has 1 fully saturated rings. The minimum Gasteiger partial charge on any atom is -0.337 e. The van der Waals surface area contributed by atoms with Gasteiger partial charge in [-0.05, 0) is 19.1 Å². The third-order valence-electron chi connectivity index (χ3n) is 3.55. The largest absolute Gasteiger partial charge is 0.337 e. The first-order valence-electron chi connectivity index (χ1n) is 7.22. The lowest BCUT2D eigenvalue weighted by molar-refractivity contribution is 0.404. The van der Waals surface area contributed by atoms with E-state index >= 15 is 0 Å². The number of nitrogens with zero attached hydrogens (tertiary/aromatic N) is 4. The standard InChI is InChI=1S/C15H20N6/c1-12-3-2-4-13(20-12)9-19-15-11-17-7-8-21(15)14-10-16-5-6-18-14/h2-6,10,15,17,19H,7-9,11H2,1H3. The molecule has 0 saturated carbocycles. The van der Waals surface area contributed by atoms with Gasteiger partial charge in [-0.25, -0.2) is 4.98 Å². The summed E-state index contributed by atoms with van der Waals surface area (Å²) in [5.74, 6) is 0.911. The third-order valence-corrected chi connectivity index (χ3v) is 3.55. The Kier molecular flexibility index (Phi) is 4.37. The van der Waals surface area contributed by atoms with E-state index in [2.05, 4.69) is 30.5 Å². The Balaban J connectivity index is 1.67. The molecule has 0 aliphatic carbocycles. The zero-order chi connectivity index (χ0) is 14.5. The van der Waals surface area contributed by atoms with E-state index in [0.717, 1.165) is 43.4 Å². The highest BCUT2D eigenvalue weighted by Crippen LogP contribution is 2.12. The number of aromatic nitrogens is 3. The van der Waals surface area contributed by atoms with E-state index in [9.17, 15) is 0 Å². The van der Waals surface area contributed by atoms with E-state index in [1.807, 2.05) is 31.3 Å². The molecule has 0 amide bonds. The van der Waals surface area contributed by atoms with Crippen molar-refractivity contribution in [2.45, 2.75) is 19.6 Å². The van der Waals surface area contributed by atoms with Gasteiger partial charge in [0.25, 0.3) is 0 Å². The number of anilines is 1. The molecule has 1 saturated heterocycles. The van der Waals surface area contributed by atoms with Crippen LogP contribution in [0.15, 0.2) is 36.8 Å². The molecular formula is C15H20N6. The molecule has 1 unspecified atom stereocenters. The predicted molar refractivity (Wildman–Crippen MR) is 81.8 cm³/mol. The van der Waals surface area contributed by atoms with Gasteiger partial charge in [0.2, 0.25) is 0 Å². The molecule has 3 rings (SSSR count). The summed E-state index contributed by atoms with van der Waals surface area (Å²) in [5.41, 5.74) is 2.10. The van der Waals surface area contributed by atoms with Crippen molar-refractivity contribution in [3.63, 3.8) is 0 Å². The number of pyridine rings is 1. The molecule has 2 aromatic rings. The Morgan fingerprint density at radius 1 is 1.38 bits per heavy atom. The maximum atomic E-state index is 4.53. The lowest BCUT2D eigenvalue weighted by Gasteiger charge is -2.37. The zero-order valence-electron chi connectivity index (χ0n) is 12.2. The van der Waals surface area contributed by atoms with Crippen LogP contribution < -0.4 is 15.5 Å². The van der Waals surface area contributed by atoms with Crippen LogP contribution in [-0.4, -0.2) is 40.8 Å². The van der Waals surface area contributed by atoms with Crippen LogP contribution in [0.5, 0.6) is 0 Å². The fourth-order valence-electron chi connectivity index (χ4n) is 2.52. The van der Waals surface area contributed by atoms with Gasteiger partial charge < -0.3 is 10.2 Å². The van der Waals surface area contributed by atoms with Crippen LogP contribution in [-0.2, 0) is 6.54 Å². The second-order valence-corrected chi connectivity index (χ2v) is 5.13. The first kappa shape index (κ1) is 13.9. The van der Waals surface area contributed by atoms with E-state index in [4.69, 9.17) is 0 Å². The van der Waals surface area contributed by atoms with Gasteiger partial charge in [-0.1, -0.05) is 6.07 Å². The number of aryl methyl sites for hydroxylation is 1. The minimum atomic E-state index is 0.192. The number of nitrogens with one attached hydrogen (secondary N) is 2. The van der Waals surface area contributed by atoms with E-state index in [1.165, 1.54) is 0 Å². The molecule has 1 aliphatic heterocycles. The Morgan fingerprint density at radius 2 is 2.33 bits per heavy atom. The summed E-state index contributed by atoms with van der Waals surface area (Å²) in [4.78, 5) is 15.3. The second kappa shape index (κ2) is 6.60. The average molecular weight is 284 g/mol. The number of piperazine rings is 1. The molecule has 0 bridgehead atoms. The summed E-state index contributed by atoms with van der Waals surface area (Å²) in [6, 6.07) is 6.10. The van der Waals surface area contributed by atoms with Gasteiger partial charge in [0.15, 0.2) is 0 Å². The monoisotopic (exact) mass is 284 g/mol. The topological polar surface area (TPSA) is 66.0 Å².